The van der Waals surface area contributed by atoms with Crippen LogP contribution in [0.15, 0.2) is 54.6 Å². The second kappa shape index (κ2) is 6.54. The van der Waals surface area contributed by atoms with E-state index < -0.39 is 17.3 Å². The Hall–Kier alpha value is -2.46. The first-order valence-corrected chi connectivity index (χ1v) is 7.07. The standard InChI is InChI=1S/C18H19NO3/c1-13-8-10-14(11-9-13)16(20)17(21)19-12-18(2,22)15-6-4-3-5-7-15/h3-11,22H,12H2,1-2H3,(H,19,21). The maximum Gasteiger partial charge on any atom is 0.292 e. The molecule has 0 aliphatic carbocycles. The Labute approximate surface area is 129 Å². The lowest BCUT2D eigenvalue weighted by atomic mass is 9.96. The van der Waals surface area contributed by atoms with Gasteiger partial charge in [0.1, 0.15) is 5.60 Å². The molecule has 114 valence electrons. The first-order valence-electron chi connectivity index (χ1n) is 7.07. The normalized spacial score (nSPS) is 13.2. The lowest BCUT2D eigenvalue weighted by Gasteiger charge is -2.24. The van der Waals surface area contributed by atoms with Gasteiger partial charge in [-0.15, -0.1) is 0 Å². The molecule has 1 atom stereocenters. The van der Waals surface area contributed by atoms with Crippen molar-refractivity contribution in [3.05, 3.63) is 71.3 Å². The molecule has 2 aromatic rings. The smallest absolute Gasteiger partial charge is 0.292 e. The minimum absolute atomic E-state index is 0.0343. The van der Waals surface area contributed by atoms with Crippen LogP contribution in [0, 0.1) is 6.92 Å². The molecule has 2 N–H and O–H groups in total. The predicted octanol–water partition coefficient (Wildman–Crippen LogP) is 2.20. The second-order valence-electron chi connectivity index (χ2n) is 5.52. The molecule has 0 spiro atoms. The Morgan fingerprint density at radius 1 is 1.05 bits per heavy atom. The number of aliphatic hydroxyl groups is 1. The van der Waals surface area contributed by atoms with Gasteiger partial charge in [0, 0.05) is 5.56 Å². The van der Waals surface area contributed by atoms with E-state index in [2.05, 4.69) is 5.32 Å². The molecular formula is C18H19NO3. The van der Waals surface area contributed by atoms with Crippen molar-refractivity contribution in [2.24, 2.45) is 0 Å². The van der Waals surface area contributed by atoms with Crippen LogP contribution in [-0.2, 0) is 10.4 Å². The summed E-state index contributed by atoms with van der Waals surface area (Å²) in [5, 5.41) is 12.9. The van der Waals surface area contributed by atoms with Gasteiger partial charge in [0.25, 0.3) is 5.91 Å². The number of amides is 1. The van der Waals surface area contributed by atoms with E-state index in [0.717, 1.165) is 5.56 Å². The van der Waals surface area contributed by atoms with Crippen molar-refractivity contribution in [3.8, 4) is 0 Å². The monoisotopic (exact) mass is 297 g/mol. The van der Waals surface area contributed by atoms with Gasteiger partial charge in [-0.2, -0.15) is 0 Å². The molecule has 1 unspecified atom stereocenters. The van der Waals surface area contributed by atoms with Gasteiger partial charge < -0.3 is 10.4 Å². The highest BCUT2D eigenvalue weighted by Crippen LogP contribution is 2.18. The zero-order chi connectivity index (χ0) is 16.2. The van der Waals surface area contributed by atoms with E-state index in [1.165, 1.54) is 0 Å². The molecular weight excluding hydrogens is 278 g/mol. The number of ketones is 1. The highest BCUT2D eigenvalue weighted by molar-refractivity contribution is 6.42. The van der Waals surface area contributed by atoms with E-state index in [-0.39, 0.29) is 6.54 Å². The summed E-state index contributed by atoms with van der Waals surface area (Å²) in [5.74, 6) is -1.33. The lowest BCUT2D eigenvalue weighted by molar-refractivity contribution is -0.118. The summed E-state index contributed by atoms with van der Waals surface area (Å²) < 4.78 is 0. The van der Waals surface area contributed by atoms with Crippen LogP contribution in [0.3, 0.4) is 0 Å². The molecule has 1 amide bonds. The van der Waals surface area contributed by atoms with Crippen LogP contribution < -0.4 is 5.32 Å². The van der Waals surface area contributed by atoms with Gasteiger partial charge in [-0.05, 0) is 19.4 Å². The SMILES string of the molecule is Cc1ccc(C(=O)C(=O)NCC(C)(O)c2ccccc2)cc1. The Balaban J connectivity index is 2.00. The average molecular weight is 297 g/mol. The molecule has 0 saturated carbocycles. The summed E-state index contributed by atoms with van der Waals surface area (Å²) in [7, 11) is 0. The minimum Gasteiger partial charge on any atom is -0.384 e. The number of hydrogen-bond acceptors (Lipinski definition) is 3. The summed E-state index contributed by atoms with van der Waals surface area (Å²) in [5.41, 5.74) is 0.800. The number of Topliss-reactive ketones (excluding diaryl/α,β-unsaturated/α-hetero) is 1. The fourth-order valence-electron chi connectivity index (χ4n) is 2.07. The van der Waals surface area contributed by atoms with Gasteiger partial charge in [-0.25, -0.2) is 0 Å². The van der Waals surface area contributed by atoms with Crippen molar-refractivity contribution < 1.29 is 14.7 Å². The molecule has 0 aromatic heterocycles. The van der Waals surface area contributed by atoms with E-state index in [4.69, 9.17) is 0 Å². The zero-order valence-electron chi connectivity index (χ0n) is 12.7. The Kier molecular flexibility index (Phi) is 4.73. The molecule has 0 heterocycles. The van der Waals surface area contributed by atoms with Crippen LogP contribution in [-0.4, -0.2) is 23.3 Å². The average Bonchev–Trinajstić information content (AvgIpc) is 2.53. The summed E-state index contributed by atoms with van der Waals surface area (Å²) in [6.07, 6.45) is 0. The van der Waals surface area contributed by atoms with Gasteiger partial charge in [0.15, 0.2) is 0 Å². The van der Waals surface area contributed by atoms with Crippen LogP contribution >= 0.6 is 0 Å². The van der Waals surface area contributed by atoms with Crippen LogP contribution in [0.5, 0.6) is 0 Å². The number of aryl methyl sites for hydroxylation is 1. The maximum atomic E-state index is 12.0. The van der Waals surface area contributed by atoms with Crippen LogP contribution in [0.4, 0.5) is 0 Å². The number of carbonyl (C=O) groups excluding carboxylic acids is 2. The molecule has 4 heteroatoms. The van der Waals surface area contributed by atoms with E-state index >= 15 is 0 Å². The number of nitrogens with one attached hydrogen (secondary N) is 1. The predicted molar refractivity (Wildman–Crippen MR) is 84.5 cm³/mol. The van der Waals surface area contributed by atoms with Gasteiger partial charge in [0.2, 0.25) is 5.78 Å². The van der Waals surface area contributed by atoms with Crippen molar-refractivity contribution >= 4 is 11.7 Å². The van der Waals surface area contributed by atoms with Crippen LogP contribution in [0.2, 0.25) is 0 Å². The highest BCUT2D eigenvalue weighted by Gasteiger charge is 2.25. The number of rotatable bonds is 5. The van der Waals surface area contributed by atoms with Gasteiger partial charge in [-0.1, -0.05) is 60.2 Å². The zero-order valence-corrected chi connectivity index (χ0v) is 12.7. The Morgan fingerprint density at radius 3 is 2.23 bits per heavy atom. The van der Waals surface area contributed by atoms with Crippen molar-refractivity contribution in [2.45, 2.75) is 19.4 Å². The highest BCUT2D eigenvalue weighted by atomic mass is 16.3. The number of benzene rings is 2. The van der Waals surface area contributed by atoms with Gasteiger partial charge >= 0.3 is 0 Å². The largest absolute Gasteiger partial charge is 0.384 e. The quantitative estimate of drug-likeness (QED) is 0.657. The van der Waals surface area contributed by atoms with Crippen LogP contribution in [0.25, 0.3) is 0 Å². The van der Waals surface area contributed by atoms with E-state index in [1.54, 1.807) is 43.3 Å². The van der Waals surface area contributed by atoms with Crippen molar-refractivity contribution in [2.75, 3.05) is 6.54 Å². The first-order chi connectivity index (χ1) is 10.4. The summed E-state index contributed by atoms with van der Waals surface area (Å²) in [6, 6.07) is 15.8. The molecule has 0 fully saturated rings. The third-order valence-corrected chi connectivity index (χ3v) is 3.51. The number of carbonyl (C=O) groups is 2. The fraction of sp³-hybridized carbons (Fsp3) is 0.222. The first kappa shape index (κ1) is 15.9. The molecule has 0 bridgehead atoms. The van der Waals surface area contributed by atoms with Crippen LogP contribution in [0.1, 0.15) is 28.4 Å². The molecule has 2 aromatic carbocycles. The van der Waals surface area contributed by atoms with Crippen molar-refractivity contribution in [1.29, 1.82) is 0 Å². The molecule has 2 rings (SSSR count). The van der Waals surface area contributed by atoms with Gasteiger partial charge in [0.05, 0.1) is 6.54 Å². The molecule has 0 aliphatic rings. The second-order valence-corrected chi connectivity index (χ2v) is 5.52. The van der Waals surface area contributed by atoms with Crippen molar-refractivity contribution in [1.82, 2.24) is 5.32 Å². The van der Waals surface area contributed by atoms with Gasteiger partial charge in [-0.3, -0.25) is 9.59 Å². The lowest BCUT2D eigenvalue weighted by Crippen LogP contribution is -2.41. The van der Waals surface area contributed by atoms with E-state index in [0.29, 0.717) is 11.1 Å². The maximum absolute atomic E-state index is 12.0. The topological polar surface area (TPSA) is 66.4 Å². The molecule has 0 aliphatic heterocycles. The molecule has 0 saturated heterocycles. The molecule has 4 nitrogen and oxygen atoms in total. The number of hydrogen-bond donors (Lipinski definition) is 2. The molecule has 0 radical (unpaired) electrons. The van der Waals surface area contributed by atoms with E-state index in [1.807, 2.05) is 25.1 Å². The van der Waals surface area contributed by atoms with E-state index in [9.17, 15) is 14.7 Å². The summed E-state index contributed by atoms with van der Waals surface area (Å²) >= 11 is 0. The summed E-state index contributed by atoms with van der Waals surface area (Å²) in [4.78, 5) is 24.0. The van der Waals surface area contributed by atoms with Crippen molar-refractivity contribution in [3.63, 3.8) is 0 Å². The summed E-state index contributed by atoms with van der Waals surface area (Å²) in [6.45, 7) is 3.47. The fourth-order valence-corrected chi connectivity index (χ4v) is 2.07. The third kappa shape index (κ3) is 3.80. The Bertz CT molecular complexity index is 660. The third-order valence-electron chi connectivity index (χ3n) is 3.51. The Morgan fingerprint density at radius 2 is 1.64 bits per heavy atom. The minimum atomic E-state index is -1.23. The molecule has 22 heavy (non-hydrogen) atoms.